The van der Waals surface area contributed by atoms with Crippen molar-refractivity contribution in [1.29, 1.82) is 5.41 Å². The summed E-state index contributed by atoms with van der Waals surface area (Å²) in [6, 6.07) is 0. The third-order valence-corrected chi connectivity index (χ3v) is 2.80. The van der Waals surface area contributed by atoms with Gasteiger partial charge in [-0.1, -0.05) is 25.3 Å². The molecule has 0 aliphatic heterocycles. The number of carbonyl (C=O) groups is 1. The molecule has 0 aromatic carbocycles. The second kappa shape index (κ2) is 3.29. The second-order valence-electron chi connectivity index (χ2n) is 3.83. The van der Waals surface area contributed by atoms with Gasteiger partial charge in [-0.15, -0.1) is 0 Å². The Morgan fingerprint density at radius 2 is 2.15 bits per heavy atom. The highest BCUT2D eigenvalue weighted by atomic mass is 16.1. The molecule has 68 valence electrons. The Hall–Kier alpha value is -1.18. The van der Waals surface area contributed by atoms with E-state index in [0.717, 1.165) is 17.9 Å². The van der Waals surface area contributed by atoms with Crippen LogP contribution in [0.2, 0.25) is 0 Å². The molecule has 1 fully saturated rings. The minimum atomic E-state index is -0.142. The van der Waals surface area contributed by atoms with Crippen LogP contribution in [0.1, 0.15) is 25.7 Å². The quantitative estimate of drug-likeness (QED) is 0.642. The molecular weight excluding hydrogens is 162 g/mol. The predicted molar refractivity (Wildman–Crippen MR) is 51.9 cm³/mol. The van der Waals surface area contributed by atoms with E-state index in [2.05, 4.69) is 0 Å². The molecule has 2 aliphatic rings. The van der Waals surface area contributed by atoms with Gasteiger partial charge in [0.15, 0.2) is 0 Å². The summed E-state index contributed by atoms with van der Waals surface area (Å²) >= 11 is 0. The number of hydrogen-bond acceptors (Lipinski definition) is 2. The highest BCUT2D eigenvalue weighted by Crippen LogP contribution is 2.32. The molecule has 0 bridgehead atoms. The van der Waals surface area contributed by atoms with Crippen molar-refractivity contribution >= 4 is 11.5 Å². The minimum Gasteiger partial charge on any atom is -0.297 e. The van der Waals surface area contributed by atoms with Crippen molar-refractivity contribution in [3.63, 3.8) is 0 Å². The molecule has 2 rings (SSSR count). The second-order valence-corrected chi connectivity index (χ2v) is 3.83. The predicted octanol–water partition coefficient (Wildman–Crippen LogP) is 2.26. The van der Waals surface area contributed by atoms with E-state index < -0.39 is 0 Å². The molecule has 0 atom stereocenters. The lowest BCUT2D eigenvalue weighted by Crippen LogP contribution is -2.15. The summed E-state index contributed by atoms with van der Waals surface area (Å²) in [5.41, 5.74) is 1.21. The first-order valence-electron chi connectivity index (χ1n) is 4.77. The highest BCUT2D eigenvalue weighted by Gasteiger charge is 2.19. The van der Waals surface area contributed by atoms with E-state index >= 15 is 0 Å². The first-order chi connectivity index (χ1) is 6.25. The Morgan fingerprint density at radius 1 is 1.38 bits per heavy atom. The zero-order valence-electron chi connectivity index (χ0n) is 7.55. The van der Waals surface area contributed by atoms with Crippen LogP contribution >= 0.6 is 0 Å². The van der Waals surface area contributed by atoms with Crippen molar-refractivity contribution in [2.75, 3.05) is 0 Å². The standard InChI is InChI=1S/C11H13NO/c12-10-5-4-9(7-11(10)13)6-8-2-1-3-8/h4-5,7-8,12H,1-3,6H2. The van der Waals surface area contributed by atoms with Gasteiger partial charge in [0, 0.05) is 0 Å². The number of nitrogens with one attached hydrogen (secondary N) is 1. The topological polar surface area (TPSA) is 40.9 Å². The smallest absolute Gasteiger partial charge is 0.203 e. The molecule has 0 saturated heterocycles. The van der Waals surface area contributed by atoms with E-state index in [-0.39, 0.29) is 11.5 Å². The molecule has 2 aliphatic carbocycles. The first kappa shape index (κ1) is 8.42. The Labute approximate surface area is 77.8 Å². The van der Waals surface area contributed by atoms with Gasteiger partial charge in [-0.05, 0) is 30.1 Å². The number of carbonyl (C=O) groups excluding carboxylic acids is 1. The summed E-state index contributed by atoms with van der Waals surface area (Å²) in [5, 5.41) is 7.25. The molecule has 0 aromatic heterocycles. The summed E-state index contributed by atoms with van der Waals surface area (Å²) in [5.74, 6) is 0.646. The number of rotatable bonds is 2. The molecule has 0 heterocycles. The highest BCUT2D eigenvalue weighted by molar-refractivity contribution is 6.47. The van der Waals surface area contributed by atoms with Crippen molar-refractivity contribution in [3.8, 4) is 0 Å². The molecular formula is C11H13NO. The van der Waals surface area contributed by atoms with E-state index in [1.54, 1.807) is 12.2 Å². The molecule has 0 unspecified atom stereocenters. The third-order valence-electron chi connectivity index (χ3n) is 2.80. The molecule has 0 radical (unpaired) electrons. The lowest BCUT2D eigenvalue weighted by Gasteiger charge is -2.26. The van der Waals surface area contributed by atoms with Crippen LogP contribution in [0.25, 0.3) is 0 Å². The summed E-state index contributed by atoms with van der Waals surface area (Å²) in [6.07, 6.45) is 10.1. The van der Waals surface area contributed by atoms with Crippen LogP contribution in [-0.2, 0) is 4.79 Å². The van der Waals surface area contributed by atoms with E-state index in [4.69, 9.17) is 5.41 Å². The van der Waals surface area contributed by atoms with Crippen molar-refractivity contribution in [2.24, 2.45) is 5.92 Å². The van der Waals surface area contributed by atoms with Gasteiger partial charge in [0.1, 0.15) is 5.71 Å². The molecule has 2 nitrogen and oxygen atoms in total. The number of hydrogen-bond donors (Lipinski definition) is 1. The fourth-order valence-corrected chi connectivity index (χ4v) is 1.72. The molecule has 1 saturated carbocycles. The van der Waals surface area contributed by atoms with Gasteiger partial charge in [-0.3, -0.25) is 10.2 Å². The average Bonchev–Trinajstić information content (AvgIpc) is 2.04. The summed E-state index contributed by atoms with van der Waals surface area (Å²) in [7, 11) is 0. The molecule has 1 N–H and O–H groups in total. The third kappa shape index (κ3) is 1.77. The van der Waals surface area contributed by atoms with E-state index in [9.17, 15) is 4.79 Å². The van der Waals surface area contributed by atoms with Gasteiger partial charge in [-0.25, -0.2) is 0 Å². The maximum absolute atomic E-state index is 11.1. The number of ketones is 1. The monoisotopic (exact) mass is 175 g/mol. The van der Waals surface area contributed by atoms with Crippen molar-refractivity contribution < 1.29 is 4.79 Å². The summed E-state index contributed by atoms with van der Waals surface area (Å²) < 4.78 is 0. The Morgan fingerprint density at radius 3 is 2.69 bits per heavy atom. The molecule has 0 amide bonds. The van der Waals surface area contributed by atoms with Crippen molar-refractivity contribution in [2.45, 2.75) is 25.7 Å². The van der Waals surface area contributed by atoms with E-state index in [0.29, 0.717) is 0 Å². The van der Waals surface area contributed by atoms with E-state index in [1.807, 2.05) is 6.08 Å². The summed E-state index contributed by atoms with van der Waals surface area (Å²) in [6.45, 7) is 0. The largest absolute Gasteiger partial charge is 0.297 e. The molecule has 13 heavy (non-hydrogen) atoms. The zero-order valence-corrected chi connectivity index (χ0v) is 7.55. The minimum absolute atomic E-state index is 0.109. The van der Waals surface area contributed by atoms with Crippen LogP contribution in [-0.4, -0.2) is 11.5 Å². The maximum atomic E-state index is 11.1. The van der Waals surface area contributed by atoms with Crippen LogP contribution in [0, 0.1) is 11.3 Å². The van der Waals surface area contributed by atoms with Gasteiger partial charge < -0.3 is 0 Å². The normalized spacial score (nSPS) is 22.9. The van der Waals surface area contributed by atoms with Gasteiger partial charge in [0.2, 0.25) is 5.78 Å². The Kier molecular flexibility index (Phi) is 2.13. The Bertz CT molecular complexity index is 308. The van der Waals surface area contributed by atoms with Gasteiger partial charge in [0.05, 0.1) is 0 Å². The first-order valence-corrected chi connectivity index (χ1v) is 4.77. The molecule has 0 aromatic rings. The lowest BCUT2D eigenvalue weighted by molar-refractivity contribution is -0.108. The zero-order chi connectivity index (χ0) is 9.26. The van der Waals surface area contributed by atoms with Crippen molar-refractivity contribution in [1.82, 2.24) is 0 Å². The summed E-state index contributed by atoms with van der Waals surface area (Å²) in [4.78, 5) is 11.1. The fourth-order valence-electron chi connectivity index (χ4n) is 1.72. The molecule has 0 spiro atoms. The van der Waals surface area contributed by atoms with Crippen LogP contribution in [0.15, 0.2) is 23.8 Å². The Balaban J connectivity index is 1.99. The van der Waals surface area contributed by atoms with Crippen LogP contribution < -0.4 is 0 Å². The van der Waals surface area contributed by atoms with Crippen molar-refractivity contribution in [3.05, 3.63) is 23.8 Å². The SMILES string of the molecule is N=C1C=CC(CC2CCC2)=CC1=O. The number of allylic oxidation sites excluding steroid dienone is 4. The fraction of sp³-hybridized carbons (Fsp3) is 0.455. The van der Waals surface area contributed by atoms with E-state index in [1.165, 1.54) is 19.3 Å². The van der Waals surface area contributed by atoms with Crippen LogP contribution in [0.3, 0.4) is 0 Å². The van der Waals surface area contributed by atoms with Crippen LogP contribution in [0.4, 0.5) is 0 Å². The average molecular weight is 175 g/mol. The maximum Gasteiger partial charge on any atom is 0.203 e. The van der Waals surface area contributed by atoms with Crippen LogP contribution in [0.5, 0.6) is 0 Å². The lowest BCUT2D eigenvalue weighted by atomic mass is 9.80. The molecule has 2 heteroatoms. The van der Waals surface area contributed by atoms with Gasteiger partial charge in [-0.2, -0.15) is 0 Å². The van der Waals surface area contributed by atoms with Gasteiger partial charge in [0.25, 0.3) is 0 Å². The van der Waals surface area contributed by atoms with Gasteiger partial charge >= 0.3 is 0 Å².